The summed E-state index contributed by atoms with van der Waals surface area (Å²) >= 11 is 0. The van der Waals surface area contributed by atoms with Crippen LogP contribution in [0.15, 0.2) is 53.6 Å². The number of carbonyl (C=O) groups is 2. The fourth-order valence-corrected chi connectivity index (χ4v) is 3.24. The molecule has 0 aliphatic heterocycles. The second-order valence-corrected chi connectivity index (χ2v) is 7.92. The molecule has 0 spiro atoms. The fourth-order valence-electron chi connectivity index (χ4n) is 3.24. The third-order valence-electron chi connectivity index (χ3n) is 4.94. The van der Waals surface area contributed by atoms with Crippen molar-refractivity contribution in [2.45, 2.75) is 45.0 Å². The number of nitrogens with one attached hydrogen (secondary N) is 2. The zero-order chi connectivity index (χ0) is 27.7. The van der Waals surface area contributed by atoms with Gasteiger partial charge in [-0.25, -0.2) is 9.07 Å². The van der Waals surface area contributed by atoms with Gasteiger partial charge in [0.1, 0.15) is 18.3 Å². The SMILES string of the molecule is N#CCC(=O)Nc1ccn(CCC(F)Cn2cc(C(=O)NCc3cccc(OC(F)(F)F)c3)nn2)c(=O)c1. The van der Waals surface area contributed by atoms with Gasteiger partial charge in [0.05, 0.1) is 18.8 Å². The number of pyridine rings is 1. The molecule has 0 radical (unpaired) electrons. The smallest absolute Gasteiger partial charge is 0.406 e. The van der Waals surface area contributed by atoms with Gasteiger partial charge in [0.2, 0.25) is 5.91 Å². The van der Waals surface area contributed by atoms with E-state index in [4.69, 9.17) is 5.26 Å². The van der Waals surface area contributed by atoms with Crippen LogP contribution in [0.4, 0.5) is 23.2 Å². The molecular formula is C23H21F4N7O4. The van der Waals surface area contributed by atoms with Crippen LogP contribution in [0, 0.1) is 11.3 Å². The molecule has 38 heavy (non-hydrogen) atoms. The number of halogens is 4. The highest BCUT2D eigenvalue weighted by molar-refractivity contribution is 5.92. The molecule has 0 aliphatic rings. The number of nitrogens with zero attached hydrogens (tertiary/aromatic N) is 5. The molecule has 11 nitrogen and oxygen atoms in total. The van der Waals surface area contributed by atoms with Gasteiger partial charge in [0.25, 0.3) is 11.5 Å². The van der Waals surface area contributed by atoms with Crippen molar-refractivity contribution >= 4 is 17.5 Å². The number of anilines is 1. The van der Waals surface area contributed by atoms with Crippen LogP contribution in [0.5, 0.6) is 5.75 Å². The largest absolute Gasteiger partial charge is 0.573 e. The Morgan fingerprint density at radius 2 is 2.00 bits per heavy atom. The lowest BCUT2D eigenvalue weighted by Gasteiger charge is -2.11. The molecule has 0 bridgehead atoms. The van der Waals surface area contributed by atoms with Crippen molar-refractivity contribution in [3.63, 3.8) is 0 Å². The zero-order valence-electron chi connectivity index (χ0n) is 19.6. The highest BCUT2D eigenvalue weighted by atomic mass is 19.4. The first-order valence-corrected chi connectivity index (χ1v) is 11.1. The maximum Gasteiger partial charge on any atom is 0.573 e. The van der Waals surface area contributed by atoms with E-state index < -0.39 is 35.7 Å². The summed E-state index contributed by atoms with van der Waals surface area (Å²) in [5.74, 6) is -1.65. The second kappa shape index (κ2) is 12.5. The Kier molecular flexibility index (Phi) is 9.14. The van der Waals surface area contributed by atoms with Crippen LogP contribution in [0.2, 0.25) is 0 Å². The maximum atomic E-state index is 14.5. The van der Waals surface area contributed by atoms with Gasteiger partial charge >= 0.3 is 6.36 Å². The van der Waals surface area contributed by atoms with Gasteiger partial charge in [-0.3, -0.25) is 14.4 Å². The lowest BCUT2D eigenvalue weighted by molar-refractivity contribution is -0.274. The second-order valence-electron chi connectivity index (χ2n) is 7.92. The van der Waals surface area contributed by atoms with E-state index in [0.717, 1.165) is 22.9 Å². The third-order valence-corrected chi connectivity index (χ3v) is 4.94. The van der Waals surface area contributed by atoms with Crippen LogP contribution in [-0.2, 0) is 24.4 Å². The van der Waals surface area contributed by atoms with Gasteiger partial charge in [-0.05, 0) is 30.2 Å². The van der Waals surface area contributed by atoms with Crippen LogP contribution < -0.4 is 20.9 Å². The lowest BCUT2D eigenvalue weighted by Crippen LogP contribution is -2.23. The van der Waals surface area contributed by atoms with Gasteiger partial charge in [-0.15, -0.1) is 18.3 Å². The molecule has 2 aromatic heterocycles. The molecule has 15 heteroatoms. The van der Waals surface area contributed by atoms with Crippen molar-refractivity contribution in [1.29, 1.82) is 5.26 Å². The monoisotopic (exact) mass is 535 g/mol. The van der Waals surface area contributed by atoms with Crippen molar-refractivity contribution in [2.75, 3.05) is 5.32 Å². The molecule has 0 aliphatic carbocycles. The van der Waals surface area contributed by atoms with Gasteiger partial charge in [-0.2, -0.15) is 5.26 Å². The summed E-state index contributed by atoms with van der Waals surface area (Å²) in [4.78, 5) is 35.9. The molecule has 3 rings (SSSR count). The molecule has 0 saturated heterocycles. The molecule has 2 heterocycles. The van der Waals surface area contributed by atoms with Crippen molar-refractivity contribution in [2.24, 2.45) is 0 Å². The molecule has 1 aromatic carbocycles. The highest BCUT2D eigenvalue weighted by Crippen LogP contribution is 2.23. The van der Waals surface area contributed by atoms with Crippen LogP contribution in [0.1, 0.15) is 28.9 Å². The Labute approximate surface area is 212 Å². The van der Waals surface area contributed by atoms with Crippen molar-refractivity contribution in [3.05, 3.63) is 70.4 Å². The fraction of sp³-hybridized carbons (Fsp3) is 0.304. The molecule has 0 fully saturated rings. The standard InChI is InChI=1S/C23H21F4N7O4/c24-16(5-8-33-9-6-17(11-21(33)36)30-20(35)4-7-28)13-34-14-19(31-32-34)22(37)29-12-15-2-1-3-18(10-15)38-23(25,26)27/h1-3,6,9-11,14,16H,4-5,8,12-13H2,(H,29,37)(H,30,35). The number of amides is 2. The van der Waals surface area contributed by atoms with Gasteiger partial charge < -0.3 is 19.9 Å². The van der Waals surface area contributed by atoms with Crippen LogP contribution in [-0.4, -0.2) is 43.9 Å². The lowest BCUT2D eigenvalue weighted by atomic mass is 10.2. The number of rotatable bonds is 11. The van der Waals surface area contributed by atoms with Crippen LogP contribution >= 0.6 is 0 Å². The number of benzene rings is 1. The first-order chi connectivity index (χ1) is 18.0. The van der Waals surface area contributed by atoms with E-state index in [1.807, 2.05) is 0 Å². The minimum Gasteiger partial charge on any atom is -0.406 e. The van der Waals surface area contributed by atoms with E-state index in [2.05, 4.69) is 25.7 Å². The minimum absolute atomic E-state index is 0.0333. The highest BCUT2D eigenvalue weighted by Gasteiger charge is 2.31. The average molecular weight is 535 g/mol. The Hall–Kier alpha value is -4.74. The summed E-state index contributed by atoms with van der Waals surface area (Å²) in [5.41, 5.74) is -0.0180. The number of hydrogen-bond donors (Lipinski definition) is 2. The summed E-state index contributed by atoms with van der Waals surface area (Å²) in [7, 11) is 0. The number of nitriles is 1. The number of aromatic nitrogens is 4. The van der Waals surface area contributed by atoms with Crippen molar-refractivity contribution < 1.29 is 31.9 Å². The normalized spacial score (nSPS) is 11.9. The molecule has 2 N–H and O–H groups in total. The number of hydrogen-bond acceptors (Lipinski definition) is 7. The topological polar surface area (TPSA) is 144 Å². The Bertz CT molecular complexity index is 1380. The average Bonchev–Trinajstić information content (AvgIpc) is 3.30. The quantitative estimate of drug-likeness (QED) is 0.359. The number of alkyl halides is 4. The zero-order valence-corrected chi connectivity index (χ0v) is 19.6. The number of carbonyl (C=O) groups excluding carboxylic acids is 2. The van der Waals surface area contributed by atoms with E-state index in [1.54, 1.807) is 6.07 Å². The molecule has 1 unspecified atom stereocenters. The van der Waals surface area contributed by atoms with E-state index in [-0.39, 0.29) is 43.9 Å². The van der Waals surface area contributed by atoms with E-state index in [0.29, 0.717) is 5.56 Å². The molecule has 0 saturated carbocycles. The maximum absolute atomic E-state index is 14.5. The molecule has 2 amide bonds. The minimum atomic E-state index is -4.84. The summed E-state index contributed by atoms with van der Waals surface area (Å²) in [6, 6.07) is 9.39. The summed E-state index contributed by atoms with van der Waals surface area (Å²) in [6.45, 7) is -0.318. The number of ether oxygens (including phenoxy) is 1. The van der Waals surface area contributed by atoms with Gasteiger partial charge in [-0.1, -0.05) is 17.3 Å². The predicted molar refractivity (Wildman–Crippen MR) is 123 cm³/mol. The van der Waals surface area contributed by atoms with Gasteiger partial charge in [0, 0.05) is 31.0 Å². The predicted octanol–water partition coefficient (Wildman–Crippen LogP) is 2.55. The first kappa shape index (κ1) is 27.8. The summed E-state index contributed by atoms with van der Waals surface area (Å²) in [5, 5.41) is 20.8. The Morgan fingerprint density at radius 3 is 2.71 bits per heavy atom. The van der Waals surface area contributed by atoms with E-state index in [9.17, 15) is 31.9 Å². The molecular weight excluding hydrogens is 514 g/mol. The van der Waals surface area contributed by atoms with Gasteiger partial charge in [0.15, 0.2) is 5.69 Å². The molecule has 3 aromatic rings. The first-order valence-electron chi connectivity index (χ1n) is 11.1. The Balaban J connectivity index is 1.48. The molecule has 1 atom stereocenters. The summed E-state index contributed by atoms with van der Waals surface area (Å²) < 4.78 is 57.8. The number of aryl methyl sites for hydroxylation is 1. The van der Waals surface area contributed by atoms with E-state index >= 15 is 0 Å². The Morgan fingerprint density at radius 1 is 1.21 bits per heavy atom. The van der Waals surface area contributed by atoms with Crippen LogP contribution in [0.25, 0.3) is 0 Å². The third kappa shape index (κ3) is 8.73. The molecule has 200 valence electrons. The summed E-state index contributed by atoms with van der Waals surface area (Å²) in [6.07, 6.45) is -4.08. The van der Waals surface area contributed by atoms with Crippen LogP contribution in [0.3, 0.4) is 0 Å². The van der Waals surface area contributed by atoms with Crippen molar-refractivity contribution in [1.82, 2.24) is 24.9 Å². The van der Waals surface area contributed by atoms with Crippen molar-refractivity contribution in [3.8, 4) is 11.8 Å². The van der Waals surface area contributed by atoms with E-state index in [1.165, 1.54) is 35.2 Å².